The van der Waals surface area contributed by atoms with Crippen molar-refractivity contribution < 1.29 is 4.42 Å². The summed E-state index contributed by atoms with van der Waals surface area (Å²) in [5.74, 6) is 1.06. The third-order valence-corrected chi connectivity index (χ3v) is 12.0. The highest BCUT2D eigenvalue weighted by atomic mass is 35.5. The highest BCUT2D eigenvalue weighted by Gasteiger charge is 2.18. The Hall–Kier alpha value is -7.86. The number of fused-ring (bicyclic) bond motifs is 7. The van der Waals surface area contributed by atoms with Crippen molar-refractivity contribution in [3.63, 3.8) is 0 Å². The monoisotopic (exact) mass is 800 g/mol. The van der Waals surface area contributed by atoms with Crippen molar-refractivity contribution in [2.45, 2.75) is 0 Å². The number of halogens is 1. The van der Waals surface area contributed by atoms with E-state index in [0.717, 1.165) is 88.6 Å². The van der Waals surface area contributed by atoms with Gasteiger partial charge in [0.05, 0.1) is 5.52 Å². The first kappa shape index (κ1) is 35.1. The highest BCUT2D eigenvalue weighted by molar-refractivity contribution is 6.28. The van der Waals surface area contributed by atoms with Crippen molar-refractivity contribution in [1.82, 2.24) is 19.9 Å². The smallest absolute Gasteiger partial charge is 0.226 e. The molecular formula is C55H33ClN4O. The molecule has 0 aliphatic carbocycles. The summed E-state index contributed by atoms with van der Waals surface area (Å²) in [4.78, 5) is 17.5. The molecule has 5 nitrogen and oxygen atoms in total. The first-order valence-electron chi connectivity index (χ1n) is 20.3. The fraction of sp³-hybridized carbons (Fsp3) is 0. The third kappa shape index (κ3) is 6.14. The molecule has 0 aliphatic rings. The molecule has 0 unspecified atom stereocenters. The fourth-order valence-electron chi connectivity index (χ4n) is 8.77. The largest absolute Gasteiger partial charge is 0.455 e. The lowest BCUT2D eigenvalue weighted by Crippen LogP contribution is -1.97. The lowest BCUT2D eigenvalue weighted by Gasteiger charge is -2.09. The van der Waals surface area contributed by atoms with Gasteiger partial charge >= 0.3 is 0 Å². The zero-order valence-electron chi connectivity index (χ0n) is 32.6. The van der Waals surface area contributed by atoms with E-state index >= 15 is 0 Å². The summed E-state index contributed by atoms with van der Waals surface area (Å²) < 4.78 is 6.68. The minimum atomic E-state index is 0.156. The van der Waals surface area contributed by atoms with Gasteiger partial charge in [0.15, 0.2) is 11.6 Å². The molecule has 6 heteroatoms. The van der Waals surface area contributed by atoms with Crippen molar-refractivity contribution in [2.24, 2.45) is 0 Å². The zero-order valence-corrected chi connectivity index (χ0v) is 33.4. The van der Waals surface area contributed by atoms with Crippen LogP contribution in [0.15, 0.2) is 199 Å². The maximum absolute atomic E-state index is 6.68. The Morgan fingerprint density at radius 3 is 1.66 bits per heavy atom. The van der Waals surface area contributed by atoms with E-state index in [9.17, 15) is 0 Å². The van der Waals surface area contributed by atoms with Gasteiger partial charge in [-0.2, -0.15) is 9.97 Å². The summed E-state index contributed by atoms with van der Waals surface area (Å²) in [6.45, 7) is 0. The molecule has 0 bridgehead atoms. The van der Waals surface area contributed by atoms with Gasteiger partial charge < -0.3 is 9.40 Å². The van der Waals surface area contributed by atoms with Crippen LogP contribution in [-0.4, -0.2) is 19.9 Å². The second kappa shape index (κ2) is 14.2. The molecule has 3 aromatic heterocycles. The average Bonchev–Trinajstić information content (AvgIpc) is 3.89. The van der Waals surface area contributed by atoms with Crippen LogP contribution in [0.4, 0.5) is 0 Å². The molecule has 0 saturated heterocycles. The van der Waals surface area contributed by atoms with Gasteiger partial charge in [-0.05, 0) is 86.1 Å². The molecular weight excluding hydrogens is 768 g/mol. The standard InChI is InChI=1S/C55H33ClN4O/c56-55-59-53(36-23-19-34(20-24-36)33-9-2-1-3-10-33)58-54(60-55)37-25-21-35(22-26-37)38-13-6-14-39(29-38)42-27-28-50-48(31-42)46-18-8-17-45(52(46)61-50)43-15-7-16-44-47-30-40-11-4-5-12-41(40)32-49(47)57-51(43)44/h1-32,57H. The number of aromatic amines is 1. The summed E-state index contributed by atoms with van der Waals surface area (Å²) in [6, 6.07) is 67.9. The van der Waals surface area contributed by atoms with Gasteiger partial charge in [-0.1, -0.05) is 164 Å². The van der Waals surface area contributed by atoms with Crippen LogP contribution in [0.2, 0.25) is 5.28 Å². The number of H-pyrrole nitrogens is 1. The Labute approximate surface area is 355 Å². The maximum atomic E-state index is 6.68. The van der Waals surface area contributed by atoms with Crippen molar-refractivity contribution in [1.29, 1.82) is 0 Å². The number of aromatic nitrogens is 4. The van der Waals surface area contributed by atoms with Crippen LogP contribution < -0.4 is 0 Å². The minimum Gasteiger partial charge on any atom is -0.455 e. The zero-order chi connectivity index (χ0) is 40.4. The van der Waals surface area contributed by atoms with Crippen LogP contribution in [0.3, 0.4) is 0 Å². The number of nitrogens with one attached hydrogen (secondary N) is 1. The molecule has 12 aromatic rings. The molecule has 0 aliphatic heterocycles. The number of para-hydroxylation sites is 2. The van der Waals surface area contributed by atoms with Gasteiger partial charge in [0, 0.05) is 49.3 Å². The molecule has 9 aromatic carbocycles. The number of rotatable bonds is 6. The van der Waals surface area contributed by atoms with E-state index in [0.29, 0.717) is 11.6 Å². The number of hydrogen-bond acceptors (Lipinski definition) is 4. The molecule has 61 heavy (non-hydrogen) atoms. The highest BCUT2D eigenvalue weighted by Crippen LogP contribution is 2.41. The Bertz CT molecular complexity index is 3650. The van der Waals surface area contributed by atoms with Crippen LogP contribution in [0.25, 0.3) is 122 Å². The van der Waals surface area contributed by atoms with E-state index in [1.165, 1.54) is 21.5 Å². The molecule has 286 valence electrons. The van der Waals surface area contributed by atoms with Gasteiger partial charge in [0.25, 0.3) is 0 Å². The van der Waals surface area contributed by atoms with Crippen LogP contribution in [-0.2, 0) is 0 Å². The van der Waals surface area contributed by atoms with Crippen molar-refractivity contribution in [3.05, 3.63) is 199 Å². The number of nitrogens with zero attached hydrogens (tertiary/aromatic N) is 3. The van der Waals surface area contributed by atoms with Crippen LogP contribution in [0, 0.1) is 0 Å². The summed E-state index contributed by atoms with van der Waals surface area (Å²) in [5, 5.41) is 7.21. The van der Waals surface area contributed by atoms with Gasteiger partial charge in [-0.25, -0.2) is 4.98 Å². The van der Waals surface area contributed by atoms with Crippen molar-refractivity contribution in [3.8, 4) is 67.3 Å². The lowest BCUT2D eigenvalue weighted by atomic mass is 9.96. The van der Waals surface area contributed by atoms with E-state index < -0.39 is 0 Å². The summed E-state index contributed by atoms with van der Waals surface area (Å²) in [5.41, 5.74) is 14.6. The summed E-state index contributed by atoms with van der Waals surface area (Å²) in [6.07, 6.45) is 0. The molecule has 0 fully saturated rings. The second-order valence-corrected chi connectivity index (χ2v) is 15.8. The predicted molar refractivity (Wildman–Crippen MR) is 252 cm³/mol. The van der Waals surface area contributed by atoms with E-state index in [1.54, 1.807) is 0 Å². The van der Waals surface area contributed by atoms with Crippen LogP contribution in [0.1, 0.15) is 0 Å². The molecule has 0 spiro atoms. The normalized spacial score (nSPS) is 11.7. The molecule has 1 N–H and O–H groups in total. The number of benzene rings is 9. The number of hydrogen-bond donors (Lipinski definition) is 1. The van der Waals surface area contributed by atoms with Gasteiger partial charge in [-0.3, -0.25) is 0 Å². The molecule has 3 heterocycles. The van der Waals surface area contributed by atoms with E-state index in [2.05, 4.69) is 167 Å². The fourth-order valence-corrected chi connectivity index (χ4v) is 8.93. The number of furan rings is 1. The molecule has 0 amide bonds. The first-order chi connectivity index (χ1) is 30.1. The Balaban J connectivity index is 0.852. The maximum Gasteiger partial charge on any atom is 0.226 e. The van der Waals surface area contributed by atoms with Crippen LogP contribution >= 0.6 is 11.6 Å². The van der Waals surface area contributed by atoms with Crippen molar-refractivity contribution in [2.75, 3.05) is 0 Å². The Morgan fingerprint density at radius 2 is 0.918 bits per heavy atom. The summed E-state index contributed by atoms with van der Waals surface area (Å²) in [7, 11) is 0. The van der Waals surface area contributed by atoms with Gasteiger partial charge in [-0.15, -0.1) is 0 Å². The Morgan fingerprint density at radius 1 is 0.377 bits per heavy atom. The molecule has 0 radical (unpaired) electrons. The second-order valence-electron chi connectivity index (χ2n) is 15.4. The van der Waals surface area contributed by atoms with Gasteiger partial charge in [0.2, 0.25) is 5.28 Å². The third-order valence-electron chi connectivity index (χ3n) is 11.8. The molecule has 0 saturated carbocycles. The molecule has 0 atom stereocenters. The first-order valence-corrected chi connectivity index (χ1v) is 20.6. The topological polar surface area (TPSA) is 67.6 Å². The average molecular weight is 801 g/mol. The van der Waals surface area contributed by atoms with E-state index in [4.69, 9.17) is 21.0 Å². The van der Waals surface area contributed by atoms with Crippen LogP contribution in [0.5, 0.6) is 0 Å². The van der Waals surface area contributed by atoms with E-state index in [1.807, 2.05) is 42.5 Å². The SMILES string of the molecule is Clc1nc(-c2ccc(-c3ccccc3)cc2)nc(-c2ccc(-c3cccc(-c4ccc5oc6c(-c7cccc8c7[nH]c7cc9ccccc9cc78)cccc6c5c4)c3)cc2)n1. The predicted octanol–water partition coefficient (Wildman–Crippen LogP) is 15.2. The Kier molecular flexibility index (Phi) is 8.15. The minimum absolute atomic E-state index is 0.156. The molecule has 12 rings (SSSR count). The lowest BCUT2D eigenvalue weighted by molar-refractivity contribution is 0.670. The summed E-state index contributed by atoms with van der Waals surface area (Å²) >= 11 is 6.46. The van der Waals surface area contributed by atoms with Gasteiger partial charge in [0.1, 0.15) is 11.2 Å². The van der Waals surface area contributed by atoms with E-state index in [-0.39, 0.29) is 5.28 Å². The quantitative estimate of drug-likeness (QED) is 0.182. The van der Waals surface area contributed by atoms with Crippen molar-refractivity contribution >= 4 is 66.1 Å².